The molecule has 0 radical (unpaired) electrons. The number of hydrogen-bond acceptors (Lipinski definition) is 4. The second-order valence-corrected chi connectivity index (χ2v) is 5.28. The van der Waals surface area contributed by atoms with Crippen molar-refractivity contribution in [2.75, 3.05) is 6.54 Å². The van der Waals surface area contributed by atoms with Crippen molar-refractivity contribution in [3.8, 4) is 0 Å². The van der Waals surface area contributed by atoms with Crippen LogP contribution in [0, 0.1) is 6.92 Å². The van der Waals surface area contributed by atoms with Crippen molar-refractivity contribution in [2.45, 2.75) is 32.6 Å². The third-order valence-corrected chi connectivity index (χ3v) is 3.92. The van der Waals surface area contributed by atoms with Crippen LogP contribution in [0.1, 0.15) is 18.1 Å². The number of benzene rings is 1. The van der Waals surface area contributed by atoms with Crippen LogP contribution in [0.5, 0.6) is 0 Å². The molecule has 3 amide bonds. The molecule has 0 spiro atoms. The molecule has 0 aromatic heterocycles. The van der Waals surface area contributed by atoms with Gasteiger partial charge in [0.1, 0.15) is 12.2 Å². The maximum absolute atomic E-state index is 12.4. The lowest BCUT2D eigenvalue weighted by atomic mass is 10.1. The van der Waals surface area contributed by atoms with E-state index in [1.165, 1.54) is 15.5 Å². The van der Waals surface area contributed by atoms with Crippen molar-refractivity contribution < 1.29 is 9.59 Å². The molecule has 20 heavy (non-hydrogen) atoms. The smallest absolute Gasteiger partial charge is 0.301 e. The van der Waals surface area contributed by atoms with Gasteiger partial charge in [0.25, 0.3) is 5.91 Å². The van der Waals surface area contributed by atoms with Crippen molar-refractivity contribution in [3.63, 3.8) is 0 Å². The fourth-order valence-corrected chi connectivity index (χ4v) is 2.69. The molecular formula is C14H18N4O2. The van der Waals surface area contributed by atoms with Gasteiger partial charge >= 0.3 is 6.03 Å². The van der Waals surface area contributed by atoms with Gasteiger partial charge in [0.2, 0.25) is 0 Å². The largest absolute Gasteiger partial charge is 0.328 e. The van der Waals surface area contributed by atoms with Crippen LogP contribution in [-0.4, -0.2) is 45.5 Å². The van der Waals surface area contributed by atoms with Gasteiger partial charge in [-0.2, -0.15) is 0 Å². The van der Waals surface area contributed by atoms with E-state index in [1.54, 1.807) is 11.8 Å². The van der Waals surface area contributed by atoms with Gasteiger partial charge in [-0.25, -0.2) is 9.80 Å². The summed E-state index contributed by atoms with van der Waals surface area (Å²) >= 11 is 0. The molecule has 0 bridgehead atoms. The summed E-state index contributed by atoms with van der Waals surface area (Å²) < 4.78 is 0. The lowest BCUT2D eigenvalue weighted by molar-refractivity contribution is -0.130. The number of imide groups is 1. The van der Waals surface area contributed by atoms with Gasteiger partial charge in [-0.15, -0.1) is 0 Å². The topological polar surface area (TPSA) is 69.7 Å². The minimum absolute atomic E-state index is 0.190. The Morgan fingerprint density at radius 3 is 2.45 bits per heavy atom. The van der Waals surface area contributed by atoms with Crippen LogP contribution in [0.25, 0.3) is 0 Å². The number of carbonyl (C=O) groups is 2. The number of amides is 3. The minimum atomic E-state index is -0.377. The molecule has 2 saturated heterocycles. The fraction of sp³-hybridized carbons (Fsp3) is 0.429. The second-order valence-electron chi connectivity index (χ2n) is 5.28. The molecule has 3 unspecified atom stereocenters. The molecule has 6 nitrogen and oxygen atoms in total. The molecule has 2 fully saturated rings. The molecule has 2 aliphatic rings. The zero-order valence-electron chi connectivity index (χ0n) is 11.6. The van der Waals surface area contributed by atoms with Gasteiger partial charge in [0.15, 0.2) is 0 Å². The van der Waals surface area contributed by atoms with Crippen LogP contribution in [0.3, 0.4) is 0 Å². The van der Waals surface area contributed by atoms with E-state index in [0.717, 1.165) is 5.56 Å². The number of urea groups is 1. The van der Waals surface area contributed by atoms with Crippen molar-refractivity contribution in [1.29, 1.82) is 0 Å². The van der Waals surface area contributed by atoms with E-state index in [9.17, 15) is 9.59 Å². The summed E-state index contributed by atoms with van der Waals surface area (Å²) in [5, 5.41) is 1.45. The summed E-state index contributed by atoms with van der Waals surface area (Å²) in [6, 6.07) is 7.38. The number of likely N-dealkylation sites (N-methyl/N-ethyl adjacent to an activating group) is 1. The molecule has 0 aliphatic carbocycles. The summed E-state index contributed by atoms with van der Waals surface area (Å²) in [6.45, 7) is 4.66. The first-order chi connectivity index (χ1) is 9.54. The number of rotatable bonds is 3. The van der Waals surface area contributed by atoms with E-state index in [1.807, 2.05) is 31.2 Å². The second kappa shape index (κ2) is 4.57. The Morgan fingerprint density at radius 1 is 1.20 bits per heavy atom. The molecule has 3 atom stereocenters. The molecule has 6 heteroatoms. The molecule has 2 N–H and O–H groups in total. The van der Waals surface area contributed by atoms with Gasteiger partial charge in [-0.3, -0.25) is 15.5 Å². The van der Waals surface area contributed by atoms with Gasteiger partial charge in [0, 0.05) is 13.1 Å². The van der Waals surface area contributed by atoms with Crippen molar-refractivity contribution in [2.24, 2.45) is 5.84 Å². The number of aryl methyl sites for hydroxylation is 1. The SMILES string of the molecule is CCN1C(=O)C2C(N(Cc3ccc(C)cc3)C1=O)N2N. The molecule has 1 aromatic carbocycles. The zero-order chi connectivity index (χ0) is 14.4. The third-order valence-electron chi connectivity index (χ3n) is 3.92. The Bertz CT molecular complexity index is 557. The lowest BCUT2D eigenvalue weighted by Gasteiger charge is -2.31. The van der Waals surface area contributed by atoms with Crippen molar-refractivity contribution in [3.05, 3.63) is 35.4 Å². The Kier molecular flexibility index (Phi) is 2.99. The Labute approximate surface area is 117 Å². The quantitative estimate of drug-likeness (QED) is 0.649. The zero-order valence-corrected chi connectivity index (χ0v) is 11.6. The van der Waals surface area contributed by atoms with Crippen LogP contribution < -0.4 is 5.84 Å². The normalized spacial score (nSPS) is 28.6. The molecule has 0 saturated carbocycles. The minimum Gasteiger partial charge on any atom is -0.301 e. The number of fused-ring (bicyclic) bond motifs is 1. The van der Waals surface area contributed by atoms with Gasteiger partial charge in [0.05, 0.1) is 0 Å². The molecule has 2 aliphatic heterocycles. The highest BCUT2D eigenvalue weighted by Gasteiger charge is 2.62. The average molecular weight is 274 g/mol. The number of carbonyl (C=O) groups excluding carboxylic acids is 2. The summed E-state index contributed by atoms with van der Waals surface area (Å²) in [5.41, 5.74) is 2.21. The average Bonchev–Trinajstić information content (AvgIpc) is 3.09. The molecular weight excluding hydrogens is 256 g/mol. The van der Waals surface area contributed by atoms with E-state index in [-0.39, 0.29) is 24.1 Å². The summed E-state index contributed by atoms with van der Waals surface area (Å²) in [7, 11) is 0. The van der Waals surface area contributed by atoms with Gasteiger partial charge < -0.3 is 4.90 Å². The van der Waals surface area contributed by atoms with Gasteiger partial charge in [-0.05, 0) is 19.4 Å². The Morgan fingerprint density at radius 2 is 1.85 bits per heavy atom. The molecule has 2 heterocycles. The molecule has 3 rings (SSSR count). The Balaban J connectivity index is 1.83. The summed E-state index contributed by atoms with van der Waals surface area (Å²) in [5.74, 6) is 5.61. The number of nitrogens with zero attached hydrogens (tertiary/aromatic N) is 3. The number of nitrogens with two attached hydrogens (primary N) is 1. The van der Waals surface area contributed by atoms with Crippen LogP contribution in [0.4, 0.5) is 4.79 Å². The first-order valence-corrected chi connectivity index (χ1v) is 6.75. The predicted molar refractivity (Wildman–Crippen MR) is 73.1 cm³/mol. The third kappa shape index (κ3) is 1.88. The number of hydrogen-bond donors (Lipinski definition) is 1. The lowest BCUT2D eigenvalue weighted by Crippen LogP contribution is -2.54. The van der Waals surface area contributed by atoms with E-state index in [2.05, 4.69) is 0 Å². The highest BCUT2D eigenvalue weighted by atomic mass is 16.2. The van der Waals surface area contributed by atoms with Crippen molar-refractivity contribution >= 4 is 11.9 Å². The Hall–Kier alpha value is -1.92. The standard InChI is InChI=1S/C14H18N4O2/c1-3-16-13(19)11-12(18(11)15)17(14(16)20)8-10-6-4-9(2)5-7-10/h4-7,11-12H,3,8,15H2,1-2H3. The highest BCUT2D eigenvalue weighted by molar-refractivity contribution is 6.02. The van der Waals surface area contributed by atoms with Crippen LogP contribution >= 0.6 is 0 Å². The maximum Gasteiger partial charge on any atom is 0.328 e. The van der Waals surface area contributed by atoms with E-state index >= 15 is 0 Å². The van der Waals surface area contributed by atoms with Crippen molar-refractivity contribution in [1.82, 2.24) is 14.8 Å². The first-order valence-electron chi connectivity index (χ1n) is 6.75. The fourth-order valence-electron chi connectivity index (χ4n) is 2.69. The summed E-state index contributed by atoms with van der Waals surface area (Å²) in [6.07, 6.45) is -0.292. The van der Waals surface area contributed by atoms with E-state index in [4.69, 9.17) is 5.84 Å². The summed E-state index contributed by atoms with van der Waals surface area (Å²) in [4.78, 5) is 27.3. The van der Waals surface area contributed by atoms with Crippen LogP contribution in [0.2, 0.25) is 0 Å². The number of hydrazine groups is 1. The van der Waals surface area contributed by atoms with E-state index < -0.39 is 0 Å². The van der Waals surface area contributed by atoms with E-state index in [0.29, 0.717) is 13.1 Å². The highest BCUT2D eigenvalue weighted by Crippen LogP contribution is 2.35. The van der Waals surface area contributed by atoms with Gasteiger partial charge in [-0.1, -0.05) is 29.8 Å². The maximum atomic E-state index is 12.4. The monoisotopic (exact) mass is 274 g/mol. The molecule has 1 aromatic rings. The first kappa shape index (κ1) is 13.1. The van der Waals surface area contributed by atoms with Crippen LogP contribution in [0.15, 0.2) is 24.3 Å². The predicted octanol–water partition coefficient (Wildman–Crippen LogP) is 0.663. The molecule has 106 valence electrons. The van der Waals surface area contributed by atoms with Crippen LogP contribution in [-0.2, 0) is 11.3 Å².